The van der Waals surface area contributed by atoms with Crippen LogP contribution in [0, 0.1) is 0 Å². The maximum absolute atomic E-state index is 10.2. The highest BCUT2D eigenvalue weighted by atomic mass is 16.7. The third kappa shape index (κ3) is 5.97. The Bertz CT molecular complexity index is 1920. The summed E-state index contributed by atoms with van der Waals surface area (Å²) in [6.45, 7) is 3.90. The van der Waals surface area contributed by atoms with Crippen molar-refractivity contribution in [2.24, 2.45) is 0 Å². The molecule has 4 aromatic carbocycles. The summed E-state index contributed by atoms with van der Waals surface area (Å²) in [7, 11) is 0. The molecule has 8 heteroatoms. The summed E-state index contributed by atoms with van der Waals surface area (Å²) in [5.74, 6) is 2.50. The largest absolute Gasteiger partial charge is 0.493 e. The first kappa shape index (κ1) is 28.6. The minimum atomic E-state index is -0.100. The summed E-state index contributed by atoms with van der Waals surface area (Å²) >= 11 is 0. The van der Waals surface area contributed by atoms with Gasteiger partial charge in [0, 0.05) is 24.2 Å². The molecule has 2 aromatic heterocycles. The Kier molecular flexibility index (Phi) is 8.12. The number of aromatic hydroxyl groups is 1. The monoisotopic (exact) mass is 597 g/mol. The Morgan fingerprint density at radius 1 is 0.844 bits per heavy atom. The second-order valence-electron chi connectivity index (χ2n) is 11.3. The van der Waals surface area contributed by atoms with E-state index in [0.717, 1.165) is 70.4 Å². The lowest BCUT2D eigenvalue weighted by Crippen LogP contribution is -2.26. The van der Waals surface area contributed by atoms with Crippen LogP contribution in [0.5, 0.6) is 17.4 Å². The van der Waals surface area contributed by atoms with Crippen LogP contribution in [0.25, 0.3) is 33.5 Å². The topological polar surface area (TPSA) is 94.3 Å². The minimum absolute atomic E-state index is 0.0130. The molecule has 0 aliphatic carbocycles. The fourth-order valence-electron chi connectivity index (χ4n) is 5.99. The molecule has 226 valence electrons. The third-order valence-electron chi connectivity index (χ3n) is 8.26. The fourth-order valence-corrected chi connectivity index (χ4v) is 5.99. The van der Waals surface area contributed by atoms with Crippen molar-refractivity contribution < 1.29 is 14.6 Å². The molecule has 1 atom stereocenters. The Morgan fingerprint density at radius 2 is 1.60 bits per heavy atom. The number of aromatic nitrogens is 4. The SMILES string of the molecule is CCCCn1c(-c2ccccc2)nc(-c2ccccc2)c1C(Cc1ccc2c(c1)OCO2)NCc1ccc2c(O)ncnc2c1. The molecule has 8 nitrogen and oxygen atoms in total. The Hall–Kier alpha value is -5.21. The Balaban J connectivity index is 1.35. The minimum Gasteiger partial charge on any atom is -0.493 e. The molecule has 0 saturated carbocycles. The van der Waals surface area contributed by atoms with Gasteiger partial charge >= 0.3 is 0 Å². The second kappa shape index (κ2) is 12.8. The first-order valence-corrected chi connectivity index (χ1v) is 15.4. The summed E-state index contributed by atoms with van der Waals surface area (Å²) < 4.78 is 13.8. The van der Waals surface area contributed by atoms with E-state index in [1.54, 1.807) is 0 Å². The van der Waals surface area contributed by atoms with Crippen LogP contribution >= 0.6 is 0 Å². The highest BCUT2D eigenvalue weighted by Gasteiger charge is 2.27. The molecule has 0 radical (unpaired) electrons. The molecule has 0 saturated heterocycles. The van der Waals surface area contributed by atoms with Gasteiger partial charge in [-0.15, -0.1) is 0 Å². The van der Waals surface area contributed by atoms with Crippen LogP contribution in [0.3, 0.4) is 0 Å². The zero-order valence-corrected chi connectivity index (χ0v) is 25.2. The number of hydrogen-bond acceptors (Lipinski definition) is 7. The summed E-state index contributed by atoms with van der Waals surface area (Å²) in [4.78, 5) is 13.7. The number of benzene rings is 4. The van der Waals surface area contributed by atoms with E-state index >= 15 is 0 Å². The van der Waals surface area contributed by atoms with Gasteiger partial charge in [0.2, 0.25) is 12.7 Å². The molecule has 45 heavy (non-hydrogen) atoms. The summed E-state index contributed by atoms with van der Waals surface area (Å²) in [5.41, 5.74) is 7.19. The molecule has 3 heterocycles. The number of nitrogens with one attached hydrogen (secondary N) is 1. The lowest BCUT2D eigenvalue weighted by Gasteiger charge is -2.24. The molecule has 2 N–H and O–H groups in total. The number of ether oxygens (including phenoxy) is 2. The normalized spacial score (nSPS) is 12.9. The highest BCUT2D eigenvalue weighted by molar-refractivity contribution is 5.83. The average molecular weight is 598 g/mol. The summed E-state index contributed by atoms with van der Waals surface area (Å²) in [6, 6.07) is 32.9. The number of rotatable bonds is 11. The molecule has 7 rings (SSSR count). The van der Waals surface area contributed by atoms with E-state index in [-0.39, 0.29) is 18.7 Å². The van der Waals surface area contributed by atoms with Gasteiger partial charge in [0.05, 0.1) is 28.3 Å². The van der Waals surface area contributed by atoms with E-state index in [9.17, 15) is 5.11 Å². The number of imidazole rings is 1. The molecule has 1 unspecified atom stereocenters. The van der Waals surface area contributed by atoms with Crippen LogP contribution < -0.4 is 14.8 Å². The molecule has 0 spiro atoms. The van der Waals surface area contributed by atoms with Gasteiger partial charge in [-0.25, -0.2) is 15.0 Å². The molecule has 0 fully saturated rings. The van der Waals surface area contributed by atoms with Gasteiger partial charge in [0.25, 0.3) is 0 Å². The van der Waals surface area contributed by atoms with Crippen molar-refractivity contribution >= 4 is 10.9 Å². The molecule has 0 amide bonds. The number of nitrogens with zero attached hydrogens (tertiary/aromatic N) is 4. The van der Waals surface area contributed by atoms with E-state index in [1.807, 2.05) is 36.4 Å². The van der Waals surface area contributed by atoms with Crippen LogP contribution in [-0.4, -0.2) is 31.4 Å². The zero-order chi connectivity index (χ0) is 30.6. The first-order chi connectivity index (χ1) is 22.2. The van der Waals surface area contributed by atoms with Crippen LogP contribution in [0.4, 0.5) is 0 Å². The Morgan fingerprint density at radius 3 is 2.40 bits per heavy atom. The molecular weight excluding hydrogens is 562 g/mol. The van der Waals surface area contributed by atoms with Crippen molar-refractivity contribution in [1.82, 2.24) is 24.8 Å². The van der Waals surface area contributed by atoms with E-state index in [4.69, 9.17) is 14.5 Å². The third-order valence-corrected chi connectivity index (χ3v) is 8.26. The molecule has 6 aromatic rings. The van der Waals surface area contributed by atoms with Gasteiger partial charge in [-0.05, 0) is 48.2 Å². The van der Waals surface area contributed by atoms with Crippen LogP contribution in [0.2, 0.25) is 0 Å². The van der Waals surface area contributed by atoms with Crippen molar-refractivity contribution in [3.05, 3.63) is 120 Å². The maximum atomic E-state index is 10.2. The van der Waals surface area contributed by atoms with E-state index in [2.05, 4.69) is 87.4 Å². The number of unbranched alkanes of at least 4 members (excludes halogenated alkanes) is 1. The highest BCUT2D eigenvalue weighted by Crippen LogP contribution is 2.38. The van der Waals surface area contributed by atoms with Gasteiger partial charge < -0.3 is 24.5 Å². The predicted molar refractivity (Wildman–Crippen MR) is 175 cm³/mol. The standard InChI is InChI=1S/C37H35N5O3/c1-2-3-18-42-35(34(27-10-6-4-7-11-27)41-36(42)28-12-8-5-9-13-28)31(19-25-15-17-32-33(21-25)45-24-44-32)38-22-26-14-16-29-30(20-26)39-23-40-37(29)43/h4-17,20-21,23,31,38H,2-3,18-19,22,24H2,1H3,(H,39,40,43). The molecule has 1 aliphatic heterocycles. The lowest BCUT2D eigenvalue weighted by atomic mass is 9.98. The van der Waals surface area contributed by atoms with Crippen LogP contribution in [0.1, 0.15) is 42.6 Å². The smallest absolute Gasteiger partial charge is 0.231 e. The van der Waals surface area contributed by atoms with Gasteiger partial charge in [-0.3, -0.25) is 0 Å². The van der Waals surface area contributed by atoms with Gasteiger partial charge in [0.1, 0.15) is 12.2 Å². The average Bonchev–Trinajstić information content (AvgIpc) is 3.71. The van der Waals surface area contributed by atoms with Gasteiger partial charge in [-0.2, -0.15) is 0 Å². The Labute approximate surface area is 262 Å². The van der Waals surface area contributed by atoms with E-state index in [0.29, 0.717) is 23.9 Å². The first-order valence-electron chi connectivity index (χ1n) is 15.4. The van der Waals surface area contributed by atoms with Gasteiger partial charge in [0.15, 0.2) is 11.5 Å². The zero-order valence-electron chi connectivity index (χ0n) is 25.2. The fraction of sp³-hybridized carbons (Fsp3) is 0.216. The van der Waals surface area contributed by atoms with Crippen molar-refractivity contribution in [3.8, 4) is 40.0 Å². The van der Waals surface area contributed by atoms with Crippen LogP contribution in [-0.2, 0) is 19.5 Å². The summed E-state index contributed by atoms with van der Waals surface area (Å²) in [5, 5.41) is 14.7. The van der Waals surface area contributed by atoms with Crippen molar-refractivity contribution in [3.63, 3.8) is 0 Å². The molecule has 1 aliphatic rings. The molecular formula is C37H35N5O3. The molecule has 0 bridgehead atoms. The number of fused-ring (bicyclic) bond motifs is 2. The van der Waals surface area contributed by atoms with E-state index < -0.39 is 0 Å². The second-order valence-corrected chi connectivity index (χ2v) is 11.3. The lowest BCUT2D eigenvalue weighted by molar-refractivity contribution is 0.174. The van der Waals surface area contributed by atoms with E-state index in [1.165, 1.54) is 6.33 Å². The number of hydrogen-bond donors (Lipinski definition) is 2. The van der Waals surface area contributed by atoms with Crippen molar-refractivity contribution in [2.75, 3.05) is 6.79 Å². The van der Waals surface area contributed by atoms with Crippen molar-refractivity contribution in [2.45, 2.75) is 45.3 Å². The predicted octanol–water partition coefficient (Wildman–Crippen LogP) is 7.47. The van der Waals surface area contributed by atoms with Crippen molar-refractivity contribution in [1.29, 1.82) is 0 Å². The quantitative estimate of drug-likeness (QED) is 0.160. The van der Waals surface area contributed by atoms with Gasteiger partial charge in [-0.1, -0.05) is 86.1 Å². The maximum Gasteiger partial charge on any atom is 0.231 e. The summed E-state index contributed by atoms with van der Waals surface area (Å²) in [6.07, 6.45) is 4.19. The van der Waals surface area contributed by atoms with Crippen LogP contribution in [0.15, 0.2) is 103 Å².